The van der Waals surface area contributed by atoms with Crippen LogP contribution in [0.2, 0.25) is 0 Å². The predicted molar refractivity (Wildman–Crippen MR) is 88.0 cm³/mol. The smallest absolute Gasteiger partial charge is 0.335 e. The Hall–Kier alpha value is -2.82. The van der Waals surface area contributed by atoms with Gasteiger partial charge in [-0.05, 0) is 30.2 Å². The summed E-state index contributed by atoms with van der Waals surface area (Å²) in [5.74, 6) is -0.802. The quantitative estimate of drug-likeness (QED) is 0.822. The fourth-order valence-corrected chi connectivity index (χ4v) is 2.07. The number of hydrogen-bond donors (Lipinski definition) is 2. The summed E-state index contributed by atoms with van der Waals surface area (Å²) in [6.45, 7) is 2.47. The molecule has 2 aromatic rings. The van der Waals surface area contributed by atoms with Gasteiger partial charge in [-0.2, -0.15) is 0 Å². The number of nitrogens with one attached hydrogen (secondary N) is 1. The zero-order chi connectivity index (χ0) is 16.7. The van der Waals surface area contributed by atoms with Crippen molar-refractivity contribution >= 4 is 17.6 Å². The summed E-state index contributed by atoms with van der Waals surface area (Å²) in [5, 5.41) is 11.8. The lowest BCUT2D eigenvalue weighted by atomic mass is 10.1. The van der Waals surface area contributed by atoms with Crippen molar-refractivity contribution in [2.75, 3.05) is 11.9 Å². The van der Waals surface area contributed by atoms with Crippen molar-refractivity contribution < 1.29 is 19.4 Å². The Bertz CT molecular complexity index is 683. The maximum atomic E-state index is 12.2. The minimum Gasteiger partial charge on any atom is -0.491 e. The van der Waals surface area contributed by atoms with Crippen LogP contribution in [0.25, 0.3) is 0 Å². The molecule has 1 amide bonds. The van der Waals surface area contributed by atoms with E-state index in [1.807, 2.05) is 37.3 Å². The monoisotopic (exact) mass is 313 g/mol. The molecule has 5 nitrogen and oxygen atoms in total. The highest BCUT2D eigenvalue weighted by atomic mass is 16.5. The molecule has 0 saturated carbocycles. The molecule has 0 aromatic heterocycles. The molecule has 0 spiro atoms. The molecule has 2 aromatic carbocycles. The van der Waals surface area contributed by atoms with Crippen molar-refractivity contribution in [3.8, 4) is 5.75 Å². The first-order valence-electron chi connectivity index (χ1n) is 7.44. The van der Waals surface area contributed by atoms with E-state index >= 15 is 0 Å². The lowest BCUT2D eigenvalue weighted by molar-refractivity contribution is -0.115. The maximum absolute atomic E-state index is 12.2. The van der Waals surface area contributed by atoms with Crippen LogP contribution in [0.5, 0.6) is 5.75 Å². The summed E-state index contributed by atoms with van der Waals surface area (Å²) in [5.41, 5.74) is 1.36. The summed E-state index contributed by atoms with van der Waals surface area (Å²) < 4.78 is 5.56. The molecule has 0 bridgehead atoms. The SMILES string of the molecule is CCCOc1ccc(C(=O)O)cc1NC(=O)Cc1ccccc1. The summed E-state index contributed by atoms with van der Waals surface area (Å²) in [6, 6.07) is 13.8. The normalized spacial score (nSPS) is 10.1. The molecule has 0 aliphatic heterocycles. The number of ether oxygens (including phenoxy) is 1. The van der Waals surface area contributed by atoms with Gasteiger partial charge in [0.2, 0.25) is 5.91 Å². The van der Waals surface area contributed by atoms with Gasteiger partial charge in [0, 0.05) is 0 Å². The molecule has 0 atom stereocenters. The third kappa shape index (κ3) is 4.85. The van der Waals surface area contributed by atoms with Gasteiger partial charge in [-0.3, -0.25) is 4.79 Å². The molecule has 2 rings (SSSR count). The van der Waals surface area contributed by atoms with Crippen LogP contribution >= 0.6 is 0 Å². The Morgan fingerprint density at radius 2 is 1.87 bits per heavy atom. The lowest BCUT2D eigenvalue weighted by Crippen LogP contribution is -2.16. The van der Waals surface area contributed by atoms with E-state index in [-0.39, 0.29) is 17.9 Å². The fraction of sp³-hybridized carbons (Fsp3) is 0.222. The first-order chi connectivity index (χ1) is 11.1. The Balaban J connectivity index is 2.16. The van der Waals surface area contributed by atoms with Crippen molar-refractivity contribution in [3.05, 3.63) is 59.7 Å². The second-order valence-corrected chi connectivity index (χ2v) is 5.08. The number of benzene rings is 2. The first-order valence-corrected chi connectivity index (χ1v) is 7.44. The number of aromatic carboxylic acids is 1. The maximum Gasteiger partial charge on any atom is 0.335 e. The van der Waals surface area contributed by atoms with Crippen molar-refractivity contribution in [3.63, 3.8) is 0 Å². The third-order valence-corrected chi connectivity index (χ3v) is 3.17. The number of carbonyl (C=O) groups excluding carboxylic acids is 1. The van der Waals surface area contributed by atoms with Gasteiger partial charge < -0.3 is 15.2 Å². The molecule has 0 unspecified atom stereocenters. The molecule has 120 valence electrons. The molecule has 5 heteroatoms. The van der Waals surface area contributed by atoms with Crippen LogP contribution in [0.4, 0.5) is 5.69 Å². The van der Waals surface area contributed by atoms with E-state index in [1.54, 1.807) is 6.07 Å². The molecule has 2 N–H and O–H groups in total. The average Bonchev–Trinajstić information content (AvgIpc) is 2.54. The third-order valence-electron chi connectivity index (χ3n) is 3.17. The van der Waals surface area contributed by atoms with E-state index in [0.717, 1.165) is 12.0 Å². The number of rotatable bonds is 7. The van der Waals surface area contributed by atoms with Gasteiger partial charge >= 0.3 is 5.97 Å². The Labute approximate surface area is 134 Å². The molecule has 23 heavy (non-hydrogen) atoms. The first kappa shape index (κ1) is 16.5. The van der Waals surface area contributed by atoms with Crippen LogP contribution < -0.4 is 10.1 Å². The minimum absolute atomic E-state index is 0.101. The Kier molecular flexibility index (Phi) is 5.74. The van der Waals surface area contributed by atoms with Crippen molar-refractivity contribution in [1.29, 1.82) is 0 Å². The number of anilines is 1. The van der Waals surface area contributed by atoms with E-state index in [1.165, 1.54) is 12.1 Å². The zero-order valence-electron chi connectivity index (χ0n) is 12.9. The van der Waals surface area contributed by atoms with E-state index < -0.39 is 5.97 Å². The van der Waals surface area contributed by atoms with Crippen LogP contribution in [0.3, 0.4) is 0 Å². The predicted octanol–water partition coefficient (Wildman–Crippen LogP) is 3.35. The molecular formula is C18H19NO4. The van der Waals surface area contributed by atoms with Crippen molar-refractivity contribution in [1.82, 2.24) is 0 Å². The van der Waals surface area contributed by atoms with E-state index in [4.69, 9.17) is 9.84 Å². The summed E-state index contributed by atoms with van der Waals surface area (Å²) in [4.78, 5) is 23.3. The van der Waals surface area contributed by atoms with Gasteiger partial charge in [0.1, 0.15) is 5.75 Å². The summed E-state index contributed by atoms with van der Waals surface area (Å²) >= 11 is 0. The van der Waals surface area contributed by atoms with Gasteiger partial charge in [-0.1, -0.05) is 37.3 Å². The fourth-order valence-electron chi connectivity index (χ4n) is 2.07. The number of hydrogen-bond acceptors (Lipinski definition) is 3. The number of amides is 1. The highest BCUT2D eigenvalue weighted by molar-refractivity contribution is 5.96. The largest absolute Gasteiger partial charge is 0.491 e. The van der Waals surface area contributed by atoms with Crippen LogP contribution in [0.1, 0.15) is 29.3 Å². The van der Waals surface area contributed by atoms with Gasteiger partial charge in [-0.25, -0.2) is 4.79 Å². The highest BCUT2D eigenvalue weighted by Gasteiger charge is 2.12. The van der Waals surface area contributed by atoms with Crippen molar-refractivity contribution in [2.24, 2.45) is 0 Å². The minimum atomic E-state index is -1.05. The Morgan fingerprint density at radius 1 is 1.13 bits per heavy atom. The van der Waals surface area contributed by atoms with Gasteiger partial charge in [0.15, 0.2) is 0 Å². The van der Waals surface area contributed by atoms with Gasteiger partial charge in [0.25, 0.3) is 0 Å². The summed E-state index contributed by atoms with van der Waals surface area (Å²) in [7, 11) is 0. The number of carboxylic acid groups (broad SMARTS) is 1. The second kappa shape index (κ2) is 7.98. The van der Waals surface area contributed by atoms with Crippen LogP contribution in [0, 0.1) is 0 Å². The highest BCUT2D eigenvalue weighted by Crippen LogP contribution is 2.26. The van der Waals surface area contributed by atoms with Crippen molar-refractivity contribution in [2.45, 2.75) is 19.8 Å². The van der Waals surface area contributed by atoms with Crippen LogP contribution in [0.15, 0.2) is 48.5 Å². The van der Waals surface area contributed by atoms with Crippen LogP contribution in [-0.2, 0) is 11.2 Å². The van der Waals surface area contributed by atoms with Gasteiger partial charge in [0.05, 0.1) is 24.3 Å². The molecule has 0 radical (unpaired) electrons. The second-order valence-electron chi connectivity index (χ2n) is 5.08. The Morgan fingerprint density at radius 3 is 2.52 bits per heavy atom. The number of carboxylic acids is 1. The van der Waals surface area contributed by atoms with Gasteiger partial charge in [-0.15, -0.1) is 0 Å². The molecule has 0 aliphatic carbocycles. The summed E-state index contributed by atoms with van der Waals surface area (Å²) in [6.07, 6.45) is 1.03. The number of carbonyl (C=O) groups is 2. The van der Waals surface area contributed by atoms with E-state index in [9.17, 15) is 9.59 Å². The topological polar surface area (TPSA) is 75.6 Å². The van der Waals surface area contributed by atoms with Crippen LogP contribution in [-0.4, -0.2) is 23.6 Å². The van der Waals surface area contributed by atoms with E-state index in [0.29, 0.717) is 18.0 Å². The molecule has 0 heterocycles. The average molecular weight is 313 g/mol. The standard InChI is InChI=1S/C18H19NO4/c1-2-10-23-16-9-8-14(18(21)22)12-15(16)19-17(20)11-13-6-4-3-5-7-13/h3-9,12H,2,10-11H2,1H3,(H,19,20)(H,21,22). The zero-order valence-corrected chi connectivity index (χ0v) is 12.9. The molecule has 0 aliphatic rings. The molecule has 0 saturated heterocycles. The molecule has 0 fully saturated rings. The van der Waals surface area contributed by atoms with E-state index in [2.05, 4.69) is 5.32 Å². The molecular weight excluding hydrogens is 294 g/mol. The lowest BCUT2D eigenvalue weighted by Gasteiger charge is -2.13.